The molecule has 0 bridgehead atoms. The summed E-state index contributed by atoms with van der Waals surface area (Å²) in [4.78, 5) is 22.9. The van der Waals surface area contributed by atoms with Crippen molar-refractivity contribution >= 4 is 18.0 Å². The molecule has 6 nitrogen and oxygen atoms in total. The average Bonchev–Trinajstić information content (AvgIpc) is 2.96. The summed E-state index contributed by atoms with van der Waals surface area (Å²) in [6.45, 7) is 3.32. The van der Waals surface area contributed by atoms with Crippen molar-refractivity contribution in [1.29, 1.82) is 0 Å². The number of hydrogen-bond acceptors (Lipinski definition) is 5. The lowest BCUT2D eigenvalue weighted by molar-refractivity contribution is -0.139. The molecule has 3 rings (SSSR count). The summed E-state index contributed by atoms with van der Waals surface area (Å²) in [6.07, 6.45) is 10.2. The van der Waals surface area contributed by atoms with E-state index in [0.29, 0.717) is 18.7 Å². The number of methoxy groups -OCH3 is 1. The summed E-state index contributed by atoms with van der Waals surface area (Å²) in [7, 11) is 1.38. The van der Waals surface area contributed by atoms with Crippen LogP contribution in [0.5, 0.6) is 5.75 Å². The van der Waals surface area contributed by atoms with E-state index in [4.69, 9.17) is 9.47 Å². The van der Waals surface area contributed by atoms with Crippen molar-refractivity contribution in [1.82, 2.24) is 5.32 Å². The largest absolute Gasteiger partial charge is 0.493 e. The Morgan fingerprint density at radius 3 is 2.48 bits per heavy atom. The van der Waals surface area contributed by atoms with Gasteiger partial charge in [-0.1, -0.05) is 72.8 Å². The predicted molar refractivity (Wildman–Crippen MR) is 160 cm³/mol. The number of ether oxygens (including phenoxy) is 2. The first-order valence-corrected chi connectivity index (χ1v) is 14.0. The second-order valence-corrected chi connectivity index (χ2v) is 10.0. The molecular formula is C34H41NO5. The maximum atomic E-state index is 11.5. The normalized spacial score (nSPS) is 11.8. The second kappa shape index (κ2) is 16.9. The number of carboxylic acids is 1. The van der Waals surface area contributed by atoms with Crippen LogP contribution in [0.15, 0.2) is 78.9 Å². The zero-order valence-electron chi connectivity index (χ0n) is 23.6. The second-order valence-electron chi connectivity index (χ2n) is 10.0. The van der Waals surface area contributed by atoms with Crippen LogP contribution >= 0.6 is 0 Å². The molecule has 0 aliphatic rings. The van der Waals surface area contributed by atoms with Gasteiger partial charge in [0.25, 0.3) is 0 Å². The zero-order chi connectivity index (χ0) is 28.6. The van der Waals surface area contributed by atoms with E-state index in [1.165, 1.54) is 12.7 Å². The molecule has 0 saturated heterocycles. The number of para-hydroxylation sites is 1. The van der Waals surface area contributed by atoms with Gasteiger partial charge in [0.1, 0.15) is 5.75 Å². The lowest BCUT2D eigenvalue weighted by atomic mass is 9.93. The van der Waals surface area contributed by atoms with Gasteiger partial charge >= 0.3 is 11.9 Å². The minimum Gasteiger partial charge on any atom is -0.493 e. The number of esters is 1. The topological polar surface area (TPSA) is 84.9 Å². The summed E-state index contributed by atoms with van der Waals surface area (Å²) < 4.78 is 10.9. The van der Waals surface area contributed by atoms with Gasteiger partial charge in [0.05, 0.1) is 25.8 Å². The Morgan fingerprint density at radius 2 is 1.73 bits per heavy atom. The summed E-state index contributed by atoms with van der Waals surface area (Å²) in [6, 6.07) is 24.1. The fraction of sp³-hybridized carbons (Fsp3) is 0.353. The third-order valence-electron chi connectivity index (χ3n) is 6.89. The number of allylic oxidation sites excluding steroid dienone is 1. The van der Waals surface area contributed by atoms with Crippen molar-refractivity contribution in [3.05, 3.63) is 107 Å². The molecule has 0 saturated carbocycles. The SMILES string of the molecule is COC(=O)CNCCC(/C=C/c1ccccc1OCCCCCc1ccccc1)Cc1ccc(C(=O)O)c(C)c1. The van der Waals surface area contributed by atoms with Crippen molar-refractivity contribution in [3.63, 3.8) is 0 Å². The molecule has 40 heavy (non-hydrogen) atoms. The monoisotopic (exact) mass is 543 g/mol. The molecule has 0 aliphatic carbocycles. The third-order valence-corrected chi connectivity index (χ3v) is 6.89. The summed E-state index contributed by atoms with van der Waals surface area (Å²) in [5, 5.41) is 12.5. The van der Waals surface area contributed by atoms with E-state index < -0.39 is 5.97 Å². The van der Waals surface area contributed by atoms with Crippen molar-refractivity contribution in [3.8, 4) is 5.75 Å². The molecule has 3 aromatic carbocycles. The highest BCUT2D eigenvalue weighted by Crippen LogP contribution is 2.23. The van der Waals surface area contributed by atoms with Gasteiger partial charge in [-0.2, -0.15) is 0 Å². The maximum absolute atomic E-state index is 11.5. The fourth-order valence-corrected chi connectivity index (χ4v) is 4.64. The molecular weight excluding hydrogens is 502 g/mol. The molecule has 0 aliphatic heterocycles. The maximum Gasteiger partial charge on any atom is 0.335 e. The molecule has 3 aromatic rings. The molecule has 0 spiro atoms. The first-order chi connectivity index (χ1) is 19.5. The van der Waals surface area contributed by atoms with Gasteiger partial charge in [-0.15, -0.1) is 0 Å². The Kier molecular flexibility index (Phi) is 13.0. The van der Waals surface area contributed by atoms with E-state index >= 15 is 0 Å². The Hall–Kier alpha value is -3.90. The zero-order valence-corrected chi connectivity index (χ0v) is 23.6. The van der Waals surface area contributed by atoms with Crippen LogP contribution in [0.2, 0.25) is 0 Å². The molecule has 1 atom stereocenters. The van der Waals surface area contributed by atoms with E-state index in [0.717, 1.165) is 61.0 Å². The van der Waals surface area contributed by atoms with Crippen LogP contribution in [-0.2, 0) is 22.4 Å². The minimum atomic E-state index is -0.916. The molecule has 212 valence electrons. The van der Waals surface area contributed by atoms with Crippen LogP contribution in [-0.4, -0.2) is 43.9 Å². The summed E-state index contributed by atoms with van der Waals surface area (Å²) >= 11 is 0. The molecule has 0 heterocycles. The Morgan fingerprint density at radius 1 is 0.950 bits per heavy atom. The van der Waals surface area contributed by atoms with E-state index in [2.05, 4.69) is 47.8 Å². The first-order valence-electron chi connectivity index (χ1n) is 14.0. The van der Waals surface area contributed by atoms with Gasteiger partial charge in [-0.25, -0.2) is 4.79 Å². The number of carbonyl (C=O) groups is 2. The van der Waals surface area contributed by atoms with Gasteiger partial charge in [-0.05, 0) is 86.7 Å². The molecule has 0 radical (unpaired) electrons. The van der Waals surface area contributed by atoms with Crippen LogP contribution in [0.4, 0.5) is 0 Å². The van der Waals surface area contributed by atoms with Crippen LogP contribution < -0.4 is 10.1 Å². The highest BCUT2D eigenvalue weighted by Gasteiger charge is 2.12. The van der Waals surface area contributed by atoms with Crippen LogP contribution in [0.1, 0.15) is 58.3 Å². The molecule has 0 fully saturated rings. The first kappa shape index (κ1) is 30.6. The van der Waals surface area contributed by atoms with Crippen LogP contribution in [0, 0.1) is 12.8 Å². The average molecular weight is 544 g/mol. The lowest BCUT2D eigenvalue weighted by Gasteiger charge is -2.15. The molecule has 0 amide bonds. The minimum absolute atomic E-state index is 0.168. The van der Waals surface area contributed by atoms with Gasteiger partial charge in [0, 0.05) is 5.56 Å². The third kappa shape index (κ3) is 10.7. The van der Waals surface area contributed by atoms with Gasteiger partial charge < -0.3 is 19.9 Å². The highest BCUT2D eigenvalue weighted by molar-refractivity contribution is 5.89. The number of aryl methyl sites for hydroxylation is 2. The lowest BCUT2D eigenvalue weighted by Crippen LogP contribution is -2.26. The number of hydrogen-bond donors (Lipinski definition) is 2. The van der Waals surface area contributed by atoms with E-state index in [1.54, 1.807) is 6.07 Å². The van der Waals surface area contributed by atoms with Crippen molar-refractivity contribution in [2.75, 3.05) is 26.8 Å². The molecule has 2 N–H and O–H groups in total. The Balaban J connectivity index is 1.59. The van der Waals surface area contributed by atoms with E-state index in [9.17, 15) is 14.7 Å². The Bertz CT molecular complexity index is 1240. The number of aromatic carboxylic acids is 1. The van der Waals surface area contributed by atoms with Crippen molar-refractivity contribution in [2.45, 2.75) is 45.4 Å². The van der Waals surface area contributed by atoms with E-state index in [-0.39, 0.29) is 18.4 Å². The van der Waals surface area contributed by atoms with E-state index in [1.807, 2.05) is 43.3 Å². The van der Waals surface area contributed by atoms with Crippen molar-refractivity contribution < 1.29 is 24.2 Å². The van der Waals surface area contributed by atoms with Gasteiger partial charge in [0.15, 0.2) is 0 Å². The highest BCUT2D eigenvalue weighted by atomic mass is 16.5. The van der Waals surface area contributed by atoms with Crippen LogP contribution in [0.25, 0.3) is 6.08 Å². The number of carbonyl (C=O) groups excluding carboxylic acids is 1. The summed E-state index contributed by atoms with van der Waals surface area (Å²) in [5.74, 6) is -0.171. The number of nitrogens with one attached hydrogen (secondary N) is 1. The number of benzene rings is 3. The van der Waals surface area contributed by atoms with Gasteiger partial charge in [0.2, 0.25) is 0 Å². The summed E-state index contributed by atoms with van der Waals surface area (Å²) in [5.41, 5.74) is 4.55. The number of rotatable bonds is 17. The smallest absolute Gasteiger partial charge is 0.335 e. The van der Waals surface area contributed by atoms with Crippen molar-refractivity contribution in [2.24, 2.45) is 5.92 Å². The van der Waals surface area contributed by atoms with Gasteiger partial charge in [-0.3, -0.25) is 4.79 Å². The molecule has 1 unspecified atom stereocenters. The predicted octanol–water partition coefficient (Wildman–Crippen LogP) is 6.51. The van der Waals surface area contributed by atoms with Crippen LogP contribution in [0.3, 0.4) is 0 Å². The fourth-order valence-electron chi connectivity index (χ4n) is 4.64. The molecule has 6 heteroatoms. The number of unbranched alkanes of at least 4 members (excludes halogenated alkanes) is 2. The molecule has 0 aromatic heterocycles. The quantitative estimate of drug-likeness (QED) is 0.149. The number of carboxylic acid groups (broad SMARTS) is 1. The standard InChI is InChI=1S/C34H41NO5/c1-26-23-29(17-19-31(26)34(37)38)24-28(20-21-35-25-33(36)39-2)16-18-30-14-8-9-15-32(30)40-22-10-4-7-13-27-11-5-3-6-12-27/h3,5-6,8-9,11-12,14-19,23,28,35H,4,7,10,13,20-22,24-25H2,1-2H3,(H,37,38)/b18-16+. The Labute approximate surface area is 238 Å².